The molecule has 12 heteroatoms. The van der Waals surface area contributed by atoms with E-state index in [1.54, 1.807) is 71.2 Å². The van der Waals surface area contributed by atoms with Crippen LogP contribution in [0.2, 0.25) is 0 Å². The fraction of sp³-hybridized carbons (Fsp3) is 0.500. The standard InChI is InChI=1S/C32H37N3O9/c1-3-41-31(39)22-10-14-33(15-11-22)30(38)25-19-44-32(35(25)29(37)21-4-7-24(40-2)8-5-21)12-16-34(17-13-32)28(36)23-6-9-26-27(18-23)43-20-42-26/h4-9,18,22,25H,3,10-17,19-20H2,1-2H3. The average molecular weight is 608 g/mol. The predicted octanol–water partition coefficient (Wildman–Crippen LogP) is 2.70. The van der Waals surface area contributed by atoms with E-state index in [0.29, 0.717) is 86.8 Å². The van der Waals surface area contributed by atoms with E-state index in [2.05, 4.69) is 0 Å². The lowest BCUT2D eigenvalue weighted by Gasteiger charge is -2.45. The molecule has 3 amide bonds. The van der Waals surface area contributed by atoms with Gasteiger partial charge in [-0.25, -0.2) is 0 Å². The Morgan fingerprint density at radius 3 is 2.23 bits per heavy atom. The zero-order chi connectivity index (χ0) is 30.8. The molecular formula is C32H37N3O9. The number of nitrogens with zero attached hydrogens (tertiary/aromatic N) is 3. The normalized spacial score (nSPS) is 21.0. The number of carbonyl (C=O) groups is 4. The molecule has 6 rings (SSSR count). The molecule has 4 heterocycles. The van der Waals surface area contributed by atoms with Crippen molar-refractivity contribution >= 4 is 23.7 Å². The molecule has 0 bridgehead atoms. The summed E-state index contributed by atoms with van der Waals surface area (Å²) in [7, 11) is 1.55. The molecule has 0 N–H and O–H groups in total. The fourth-order valence-electron chi connectivity index (χ4n) is 6.51. The van der Waals surface area contributed by atoms with E-state index in [4.69, 9.17) is 23.7 Å². The Kier molecular flexibility index (Phi) is 8.35. The van der Waals surface area contributed by atoms with Crippen LogP contribution in [0.5, 0.6) is 17.2 Å². The van der Waals surface area contributed by atoms with Crippen LogP contribution in [0.15, 0.2) is 42.5 Å². The van der Waals surface area contributed by atoms with Crippen LogP contribution < -0.4 is 14.2 Å². The molecule has 44 heavy (non-hydrogen) atoms. The van der Waals surface area contributed by atoms with Crippen LogP contribution in [-0.4, -0.2) is 103 Å². The molecule has 1 spiro atoms. The topological polar surface area (TPSA) is 124 Å². The number of amides is 3. The van der Waals surface area contributed by atoms with Gasteiger partial charge in [-0.15, -0.1) is 0 Å². The molecule has 3 fully saturated rings. The minimum Gasteiger partial charge on any atom is -0.497 e. The van der Waals surface area contributed by atoms with Gasteiger partial charge in [-0.05, 0) is 62.2 Å². The molecule has 3 saturated heterocycles. The maximum Gasteiger partial charge on any atom is 0.309 e. The lowest BCUT2D eigenvalue weighted by atomic mass is 9.94. The summed E-state index contributed by atoms with van der Waals surface area (Å²) in [5.74, 6) is 0.599. The molecule has 4 aliphatic rings. The van der Waals surface area contributed by atoms with Crippen LogP contribution in [0.1, 0.15) is 53.3 Å². The Hall–Kier alpha value is -4.32. The van der Waals surface area contributed by atoms with Crippen LogP contribution in [0.25, 0.3) is 0 Å². The summed E-state index contributed by atoms with van der Waals surface area (Å²) in [6, 6.07) is 11.1. The van der Waals surface area contributed by atoms with E-state index >= 15 is 0 Å². The number of esters is 1. The zero-order valence-corrected chi connectivity index (χ0v) is 25.0. The van der Waals surface area contributed by atoms with E-state index in [9.17, 15) is 19.2 Å². The lowest BCUT2D eigenvalue weighted by Crippen LogP contribution is -2.60. The largest absolute Gasteiger partial charge is 0.497 e. The Bertz CT molecular complexity index is 1410. The van der Waals surface area contributed by atoms with E-state index in [1.165, 1.54) is 0 Å². The van der Waals surface area contributed by atoms with E-state index in [-0.39, 0.29) is 43.0 Å². The fourth-order valence-corrected chi connectivity index (χ4v) is 6.51. The summed E-state index contributed by atoms with van der Waals surface area (Å²) in [4.78, 5) is 58.8. The van der Waals surface area contributed by atoms with Crippen molar-refractivity contribution in [1.82, 2.24) is 14.7 Å². The average Bonchev–Trinajstić information content (AvgIpc) is 3.69. The first kappa shape index (κ1) is 29.7. The maximum atomic E-state index is 14.1. The van der Waals surface area contributed by atoms with E-state index in [0.717, 1.165) is 0 Å². The molecule has 2 aromatic carbocycles. The van der Waals surface area contributed by atoms with Gasteiger partial charge in [0.15, 0.2) is 11.5 Å². The molecule has 1 atom stereocenters. The first-order chi connectivity index (χ1) is 21.3. The van der Waals surface area contributed by atoms with Gasteiger partial charge in [-0.2, -0.15) is 0 Å². The number of rotatable bonds is 6. The van der Waals surface area contributed by atoms with Crippen molar-refractivity contribution in [2.45, 2.75) is 44.4 Å². The minimum atomic E-state index is -1.05. The monoisotopic (exact) mass is 607 g/mol. The number of methoxy groups -OCH3 is 1. The quantitative estimate of drug-likeness (QED) is 0.456. The molecule has 1 unspecified atom stereocenters. The second-order valence-corrected chi connectivity index (χ2v) is 11.4. The van der Waals surface area contributed by atoms with Gasteiger partial charge >= 0.3 is 5.97 Å². The van der Waals surface area contributed by atoms with Crippen LogP contribution >= 0.6 is 0 Å². The van der Waals surface area contributed by atoms with Crippen LogP contribution in [0.4, 0.5) is 0 Å². The maximum absolute atomic E-state index is 14.1. The highest BCUT2D eigenvalue weighted by Gasteiger charge is 2.55. The molecule has 0 radical (unpaired) electrons. The van der Waals surface area contributed by atoms with Crippen molar-refractivity contribution in [2.24, 2.45) is 5.92 Å². The molecule has 0 saturated carbocycles. The summed E-state index contributed by atoms with van der Waals surface area (Å²) < 4.78 is 27.6. The number of piperidine rings is 2. The molecule has 12 nitrogen and oxygen atoms in total. The van der Waals surface area contributed by atoms with Crippen molar-refractivity contribution in [2.75, 3.05) is 53.3 Å². The van der Waals surface area contributed by atoms with Crippen molar-refractivity contribution in [3.63, 3.8) is 0 Å². The number of benzene rings is 2. The highest BCUT2D eigenvalue weighted by molar-refractivity contribution is 5.99. The number of hydrogen-bond donors (Lipinski definition) is 0. The highest BCUT2D eigenvalue weighted by Crippen LogP contribution is 2.40. The van der Waals surface area contributed by atoms with Crippen molar-refractivity contribution < 1.29 is 42.9 Å². The van der Waals surface area contributed by atoms with Gasteiger partial charge < -0.3 is 33.5 Å². The Morgan fingerprint density at radius 1 is 0.864 bits per heavy atom. The zero-order valence-electron chi connectivity index (χ0n) is 25.0. The first-order valence-corrected chi connectivity index (χ1v) is 15.1. The van der Waals surface area contributed by atoms with Gasteiger partial charge in [-0.1, -0.05) is 0 Å². The third-order valence-electron chi connectivity index (χ3n) is 8.98. The number of likely N-dealkylation sites (tertiary alicyclic amines) is 2. The van der Waals surface area contributed by atoms with Gasteiger partial charge in [0.2, 0.25) is 12.7 Å². The Balaban J connectivity index is 1.20. The molecule has 234 valence electrons. The molecule has 0 aliphatic carbocycles. The van der Waals surface area contributed by atoms with Crippen LogP contribution in [0, 0.1) is 5.92 Å². The number of carbonyl (C=O) groups excluding carboxylic acids is 4. The van der Waals surface area contributed by atoms with E-state index in [1.807, 2.05) is 0 Å². The van der Waals surface area contributed by atoms with Crippen molar-refractivity contribution in [3.05, 3.63) is 53.6 Å². The predicted molar refractivity (Wildman–Crippen MR) is 155 cm³/mol. The third-order valence-corrected chi connectivity index (χ3v) is 8.98. The molecule has 0 aromatic heterocycles. The Morgan fingerprint density at radius 2 is 1.55 bits per heavy atom. The van der Waals surface area contributed by atoms with Gasteiger partial charge in [0.25, 0.3) is 11.8 Å². The van der Waals surface area contributed by atoms with Gasteiger partial charge in [-0.3, -0.25) is 24.1 Å². The lowest BCUT2D eigenvalue weighted by molar-refractivity contribution is -0.152. The SMILES string of the molecule is CCOC(=O)C1CCN(C(=O)C2COC3(CCN(C(=O)c4ccc5c(c4)OCO5)CC3)N2C(=O)c2ccc(OC)cc2)CC1. The number of fused-ring (bicyclic) bond motifs is 1. The second kappa shape index (κ2) is 12.4. The summed E-state index contributed by atoms with van der Waals surface area (Å²) >= 11 is 0. The summed E-state index contributed by atoms with van der Waals surface area (Å²) in [6.07, 6.45) is 1.71. The summed E-state index contributed by atoms with van der Waals surface area (Å²) in [6.45, 7) is 3.74. The number of ether oxygens (including phenoxy) is 5. The molecular weight excluding hydrogens is 570 g/mol. The third kappa shape index (κ3) is 5.54. The van der Waals surface area contributed by atoms with Gasteiger partial charge in [0.05, 0.1) is 26.2 Å². The van der Waals surface area contributed by atoms with Gasteiger partial charge in [0.1, 0.15) is 17.5 Å². The van der Waals surface area contributed by atoms with Crippen LogP contribution in [0.3, 0.4) is 0 Å². The summed E-state index contributed by atoms with van der Waals surface area (Å²) in [5.41, 5.74) is -0.150. The molecule has 4 aliphatic heterocycles. The first-order valence-electron chi connectivity index (χ1n) is 15.1. The van der Waals surface area contributed by atoms with Gasteiger partial charge in [0, 0.05) is 50.1 Å². The minimum absolute atomic E-state index is 0.0502. The number of hydrogen-bond acceptors (Lipinski definition) is 9. The van der Waals surface area contributed by atoms with E-state index < -0.39 is 11.8 Å². The van der Waals surface area contributed by atoms with Crippen molar-refractivity contribution in [3.8, 4) is 17.2 Å². The smallest absolute Gasteiger partial charge is 0.309 e. The highest BCUT2D eigenvalue weighted by atomic mass is 16.7. The van der Waals surface area contributed by atoms with Crippen molar-refractivity contribution in [1.29, 1.82) is 0 Å². The van der Waals surface area contributed by atoms with Crippen LogP contribution in [-0.2, 0) is 19.1 Å². The summed E-state index contributed by atoms with van der Waals surface area (Å²) in [5, 5.41) is 0. The molecule has 2 aromatic rings. The second-order valence-electron chi connectivity index (χ2n) is 11.4. The Labute approximate surface area is 255 Å².